The predicted octanol–water partition coefficient (Wildman–Crippen LogP) is 8.35. The lowest BCUT2D eigenvalue weighted by atomic mass is 10.1. The van der Waals surface area contributed by atoms with E-state index in [-0.39, 0.29) is 5.24 Å². The van der Waals surface area contributed by atoms with Gasteiger partial charge in [0.25, 0.3) is 0 Å². The molecule has 0 aromatic heterocycles. The maximum absolute atomic E-state index is 10.6. The topological polar surface area (TPSA) is 17.1 Å². The molecule has 24 heavy (non-hydrogen) atoms. The van der Waals surface area contributed by atoms with Gasteiger partial charge in [0, 0.05) is 6.42 Å². The van der Waals surface area contributed by atoms with Gasteiger partial charge in [0.2, 0.25) is 5.24 Å². The zero-order valence-corrected chi connectivity index (χ0v) is 16.9. The van der Waals surface area contributed by atoms with Crippen LogP contribution in [-0.4, -0.2) is 5.24 Å². The molecular weight excluding hydrogens is 316 g/mol. The summed E-state index contributed by atoms with van der Waals surface area (Å²) in [6, 6.07) is 0. The van der Waals surface area contributed by atoms with E-state index >= 15 is 0 Å². The molecule has 0 spiro atoms. The van der Waals surface area contributed by atoms with Gasteiger partial charge in [0.05, 0.1) is 0 Å². The summed E-state index contributed by atoms with van der Waals surface area (Å²) in [5.74, 6) is 0. The predicted molar refractivity (Wildman–Crippen MR) is 109 cm³/mol. The van der Waals surface area contributed by atoms with Crippen LogP contribution in [0.25, 0.3) is 0 Å². The Morgan fingerprint density at radius 1 is 0.625 bits per heavy atom. The Hall–Kier alpha value is -0.300. The lowest BCUT2D eigenvalue weighted by Gasteiger charge is -2.01. The molecule has 0 fully saturated rings. The van der Waals surface area contributed by atoms with E-state index in [2.05, 4.69) is 19.1 Å². The standard InChI is InChI=1S/C22H41ClO/c1-2-3-4-5-6-7-8-9-10-11-12-13-14-15-16-17-18-19-20-21-22(23)24/h14-15H,2-13,16-21H2,1H3/b15-14+. The molecule has 0 radical (unpaired) electrons. The summed E-state index contributed by atoms with van der Waals surface area (Å²) in [6.07, 6.45) is 27.8. The molecule has 142 valence electrons. The number of halogens is 1. The first-order valence-electron chi connectivity index (χ1n) is 10.6. The lowest BCUT2D eigenvalue weighted by Crippen LogP contribution is -1.85. The Bertz CT molecular complexity index is 286. The summed E-state index contributed by atoms with van der Waals surface area (Å²) in [7, 11) is 0. The van der Waals surface area contributed by atoms with Gasteiger partial charge in [0.15, 0.2) is 0 Å². The van der Waals surface area contributed by atoms with Crippen molar-refractivity contribution in [1.82, 2.24) is 0 Å². The van der Waals surface area contributed by atoms with Crippen molar-refractivity contribution in [3.05, 3.63) is 12.2 Å². The largest absolute Gasteiger partial charge is 0.281 e. The van der Waals surface area contributed by atoms with Crippen molar-refractivity contribution in [2.75, 3.05) is 0 Å². The molecule has 0 unspecified atom stereocenters. The molecule has 0 aliphatic heterocycles. The van der Waals surface area contributed by atoms with E-state index in [0.29, 0.717) is 6.42 Å². The highest BCUT2D eigenvalue weighted by atomic mass is 35.5. The average molecular weight is 357 g/mol. The number of hydrogen-bond donors (Lipinski definition) is 0. The zero-order chi connectivity index (χ0) is 17.7. The fraction of sp³-hybridized carbons (Fsp3) is 0.864. The zero-order valence-electron chi connectivity index (χ0n) is 16.2. The minimum atomic E-state index is -0.193. The summed E-state index contributed by atoms with van der Waals surface area (Å²) in [5.41, 5.74) is 0. The Morgan fingerprint density at radius 2 is 1.00 bits per heavy atom. The van der Waals surface area contributed by atoms with E-state index in [1.54, 1.807) is 0 Å². The number of allylic oxidation sites excluding steroid dienone is 2. The number of rotatable bonds is 19. The van der Waals surface area contributed by atoms with Crippen LogP contribution >= 0.6 is 11.6 Å². The Balaban J connectivity index is 3.07. The van der Waals surface area contributed by atoms with Crippen molar-refractivity contribution in [3.63, 3.8) is 0 Å². The molecule has 0 aromatic rings. The second-order valence-corrected chi connectivity index (χ2v) is 7.53. The average Bonchev–Trinajstić information content (AvgIpc) is 2.56. The second-order valence-electron chi connectivity index (χ2n) is 7.10. The molecule has 0 aliphatic carbocycles. The van der Waals surface area contributed by atoms with Crippen LogP contribution in [0.2, 0.25) is 0 Å². The lowest BCUT2D eigenvalue weighted by molar-refractivity contribution is -0.111. The van der Waals surface area contributed by atoms with Crippen LogP contribution in [0.4, 0.5) is 0 Å². The summed E-state index contributed by atoms with van der Waals surface area (Å²) < 4.78 is 0. The maximum Gasteiger partial charge on any atom is 0.221 e. The quantitative estimate of drug-likeness (QED) is 0.129. The molecule has 0 saturated heterocycles. The Morgan fingerprint density at radius 3 is 1.42 bits per heavy atom. The van der Waals surface area contributed by atoms with Gasteiger partial charge >= 0.3 is 0 Å². The summed E-state index contributed by atoms with van der Waals surface area (Å²) in [5, 5.41) is -0.193. The monoisotopic (exact) mass is 356 g/mol. The van der Waals surface area contributed by atoms with Gasteiger partial charge in [0.1, 0.15) is 0 Å². The van der Waals surface area contributed by atoms with Gasteiger partial charge in [-0.15, -0.1) is 0 Å². The molecule has 0 rings (SSSR count). The molecule has 1 nitrogen and oxygen atoms in total. The third kappa shape index (κ3) is 21.7. The Kier molecular flexibility index (Phi) is 20.5. The van der Waals surface area contributed by atoms with Gasteiger partial charge < -0.3 is 0 Å². The number of carbonyl (C=O) groups excluding carboxylic acids is 1. The van der Waals surface area contributed by atoms with Crippen LogP contribution in [0, 0.1) is 0 Å². The fourth-order valence-corrected chi connectivity index (χ4v) is 3.18. The van der Waals surface area contributed by atoms with Crippen LogP contribution in [0.3, 0.4) is 0 Å². The molecule has 0 aromatic carbocycles. The van der Waals surface area contributed by atoms with E-state index in [1.807, 2.05) is 0 Å². The summed E-state index contributed by atoms with van der Waals surface area (Å²) in [6.45, 7) is 2.28. The SMILES string of the molecule is CCCCCCCCCCCCC/C=C/CCCCCCC(=O)Cl. The summed E-state index contributed by atoms with van der Waals surface area (Å²) in [4.78, 5) is 10.6. The number of carbonyl (C=O) groups is 1. The molecule has 0 aliphatic rings. The molecule has 2 heteroatoms. The third-order valence-corrected chi connectivity index (χ3v) is 4.82. The highest BCUT2D eigenvalue weighted by Crippen LogP contribution is 2.12. The highest BCUT2D eigenvalue weighted by Gasteiger charge is 1.95. The first-order valence-corrected chi connectivity index (χ1v) is 11.0. The first-order chi connectivity index (χ1) is 11.8. The van der Waals surface area contributed by atoms with E-state index < -0.39 is 0 Å². The van der Waals surface area contributed by atoms with Crippen LogP contribution in [0.1, 0.15) is 122 Å². The van der Waals surface area contributed by atoms with Gasteiger partial charge in [-0.3, -0.25) is 4.79 Å². The van der Waals surface area contributed by atoms with Crippen molar-refractivity contribution >= 4 is 16.8 Å². The van der Waals surface area contributed by atoms with E-state index in [9.17, 15) is 4.79 Å². The van der Waals surface area contributed by atoms with Gasteiger partial charge in [-0.05, 0) is 43.7 Å². The van der Waals surface area contributed by atoms with Crippen molar-refractivity contribution in [2.24, 2.45) is 0 Å². The third-order valence-electron chi connectivity index (χ3n) is 4.64. The van der Waals surface area contributed by atoms with Crippen molar-refractivity contribution in [2.45, 2.75) is 122 Å². The van der Waals surface area contributed by atoms with Gasteiger partial charge in [-0.25, -0.2) is 0 Å². The second kappa shape index (κ2) is 20.7. The molecular formula is C22H41ClO. The molecule has 0 N–H and O–H groups in total. The van der Waals surface area contributed by atoms with Crippen molar-refractivity contribution < 1.29 is 4.79 Å². The highest BCUT2D eigenvalue weighted by molar-refractivity contribution is 6.63. The number of unbranched alkanes of at least 4 members (excludes halogenated alkanes) is 15. The van der Waals surface area contributed by atoms with E-state index in [0.717, 1.165) is 12.8 Å². The first kappa shape index (κ1) is 23.7. The fourth-order valence-electron chi connectivity index (χ4n) is 3.04. The van der Waals surface area contributed by atoms with Crippen LogP contribution in [-0.2, 0) is 4.79 Å². The van der Waals surface area contributed by atoms with Crippen molar-refractivity contribution in [3.8, 4) is 0 Å². The van der Waals surface area contributed by atoms with Gasteiger partial charge in [-0.1, -0.05) is 96.1 Å². The minimum Gasteiger partial charge on any atom is -0.281 e. The van der Waals surface area contributed by atoms with E-state index in [1.165, 1.54) is 96.3 Å². The molecule has 0 amide bonds. The maximum atomic E-state index is 10.6. The van der Waals surface area contributed by atoms with Crippen LogP contribution in [0.5, 0.6) is 0 Å². The molecule has 0 heterocycles. The number of hydrogen-bond acceptors (Lipinski definition) is 1. The van der Waals surface area contributed by atoms with Crippen molar-refractivity contribution in [1.29, 1.82) is 0 Å². The van der Waals surface area contributed by atoms with Crippen LogP contribution in [0.15, 0.2) is 12.2 Å². The smallest absolute Gasteiger partial charge is 0.221 e. The summed E-state index contributed by atoms with van der Waals surface area (Å²) >= 11 is 5.31. The molecule has 0 bridgehead atoms. The normalized spacial score (nSPS) is 11.4. The minimum absolute atomic E-state index is 0.193. The van der Waals surface area contributed by atoms with E-state index in [4.69, 9.17) is 11.6 Å². The molecule has 0 atom stereocenters. The van der Waals surface area contributed by atoms with Crippen LogP contribution < -0.4 is 0 Å². The van der Waals surface area contributed by atoms with Gasteiger partial charge in [-0.2, -0.15) is 0 Å². The Labute approximate surface area is 156 Å². The molecule has 0 saturated carbocycles.